The number of nitrogens with one attached hydrogen (secondary N) is 1. The van der Waals surface area contributed by atoms with Gasteiger partial charge in [0.15, 0.2) is 0 Å². The number of hydrogen-bond donors (Lipinski definition) is 1. The second-order valence-corrected chi connectivity index (χ2v) is 9.49. The normalized spacial score (nSPS) is 18.9. The van der Waals surface area contributed by atoms with Crippen molar-refractivity contribution in [2.24, 2.45) is 0 Å². The number of amides is 3. The number of para-hydroxylation sites is 2. The zero-order valence-corrected chi connectivity index (χ0v) is 19.8. The van der Waals surface area contributed by atoms with E-state index in [0.29, 0.717) is 31.2 Å². The quantitative estimate of drug-likeness (QED) is 0.491. The Morgan fingerprint density at radius 2 is 1.81 bits per heavy atom. The van der Waals surface area contributed by atoms with Crippen LogP contribution in [0.15, 0.2) is 53.4 Å². The maximum absolute atomic E-state index is 13.4. The molecule has 0 bridgehead atoms. The summed E-state index contributed by atoms with van der Waals surface area (Å²) in [6, 6.07) is 14.0. The molecule has 6 nitrogen and oxygen atoms in total. The Hall–Kier alpha value is -2.68. The molecule has 164 valence electrons. The lowest BCUT2D eigenvalue weighted by Gasteiger charge is -2.21. The Morgan fingerprint density at radius 3 is 2.53 bits per heavy atom. The molecule has 32 heavy (non-hydrogen) atoms. The molecule has 0 saturated carbocycles. The number of carbonyl (C=O) groups excluding carboxylic acids is 3. The van der Waals surface area contributed by atoms with Crippen LogP contribution in [0.2, 0.25) is 5.02 Å². The minimum Gasteiger partial charge on any atom is -0.323 e. The lowest BCUT2D eigenvalue weighted by molar-refractivity contribution is -0.123. The number of rotatable bonds is 5. The van der Waals surface area contributed by atoms with E-state index in [1.807, 2.05) is 13.8 Å². The number of nitrogens with zero attached hydrogens (tertiary/aromatic N) is 2. The van der Waals surface area contributed by atoms with Gasteiger partial charge in [-0.2, -0.15) is 0 Å². The molecule has 3 amide bonds. The Kier molecular flexibility index (Phi) is 6.37. The molecule has 9 heteroatoms. The number of thioether (sulfide) groups is 1. The second kappa shape index (κ2) is 9.05. The molecule has 2 aliphatic heterocycles. The summed E-state index contributed by atoms with van der Waals surface area (Å²) >= 11 is 12.7. The summed E-state index contributed by atoms with van der Waals surface area (Å²) in [6.07, 6.45) is 0.744. The summed E-state index contributed by atoms with van der Waals surface area (Å²) in [4.78, 5) is 42.6. The highest BCUT2D eigenvalue weighted by atomic mass is 35.5. The van der Waals surface area contributed by atoms with Crippen LogP contribution in [-0.4, -0.2) is 39.5 Å². The van der Waals surface area contributed by atoms with Crippen LogP contribution in [0.25, 0.3) is 5.57 Å². The molecular formula is C23H20ClN3O3S2. The number of benzene rings is 2. The first-order valence-electron chi connectivity index (χ1n) is 10.1. The molecule has 1 saturated heterocycles. The average molecular weight is 486 g/mol. The van der Waals surface area contributed by atoms with Crippen LogP contribution in [-0.2, 0) is 14.4 Å². The molecule has 2 aromatic carbocycles. The van der Waals surface area contributed by atoms with E-state index in [4.69, 9.17) is 23.8 Å². The van der Waals surface area contributed by atoms with Crippen molar-refractivity contribution >= 4 is 74.6 Å². The van der Waals surface area contributed by atoms with Crippen LogP contribution in [0.4, 0.5) is 11.4 Å². The SMILES string of the molecule is CC[C@H](C)N1C(=O)/C(=C2/C(=O)N(CC(=O)Nc3ccccc3Cl)c3ccccc32)SC1=S. The van der Waals surface area contributed by atoms with Crippen molar-refractivity contribution in [3.05, 3.63) is 64.0 Å². The minimum atomic E-state index is -0.398. The third kappa shape index (κ3) is 3.94. The Morgan fingerprint density at radius 1 is 1.12 bits per heavy atom. The van der Waals surface area contributed by atoms with Crippen molar-refractivity contribution in [3.63, 3.8) is 0 Å². The molecule has 4 rings (SSSR count). The smallest absolute Gasteiger partial charge is 0.267 e. The van der Waals surface area contributed by atoms with E-state index in [2.05, 4.69) is 5.32 Å². The highest BCUT2D eigenvalue weighted by Crippen LogP contribution is 2.45. The largest absolute Gasteiger partial charge is 0.323 e. The minimum absolute atomic E-state index is 0.0650. The molecule has 2 aliphatic rings. The van der Waals surface area contributed by atoms with Crippen LogP contribution < -0.4 is 10.2 Å². The molecule has 0 spiro atoms. The molecule has 1 N–H and O–H groups in total. The zero-order chi connectivity index (χ0) is 23.0. The topological polar surface area (TPSA) is 69.7 Å². The molecule has 1 fully saturated rings. The van der Waals surface area contributed by atoms with Crippen LogP contribution >= 0.6 is 35.6 Å². The van der Waals surface area contributed by atoms with Gasteiger partial charge < -0.3 is 5.32 Å². The van der Waals surface area contributed by atoms with E-state index < -0.39 is 11.8 Å². The van der Waals surface area contributed by atoms with Crippen molar-refractivity contribution in [2.45, 2.75) is 26.3 Å². The number of thiocarbonyl (C=S) groups is 1. The van der Waals surface area contributed by atoms with Crippen LogP contribution in [0.5, 0.6) is 0 Å². The predicted molar refractivity (Wildman–Crippen MR) is 133 cm³/mol. The van der Waals surface area contributed by atoms with Crippen LogP contribution in [0, 0.1) is 0 Å². The Balaban J connectivity index is 1.67. The van der Waals surface area contributed by atoms with Gasteiger partial charge in [-0.1, -0.05) is 72.8 Å². The van der Waals surface area contributed by atoms with Crippen molar-refractivity contribution in [2.75, 3.05) is 16.8 Å². The third-order valence-electron chi connectivity index (χ3n) is 5.43. The van der Waals surface area contributed by atoms with Crippen LogP contribution in [0.1, 0.15) is 25.8 Å². The number of fused-ring (bicyclic) bond motifs is 1. The van der Waals surface area contributed by atoms with Gasteiger partial charge in [0.25, 0.3) is 11.8 Å². The summed E-state index contributed by atoms with van der Waals surface area (Å²) in [5, 5.41) is 3.14. The highest BCUT2D eigenvalue weighted by Gasteiger charge is 2.43. The first kappa shape index (κ1) is 22.5. The van der Waals surface area contributed by atoms with Gasteiger partial charge in [0.2, 0.25) is 5.91 Å². The summed E-state index contributed by atoms with van der Waals surface area (Å²) in [5.41, 5.74) is 1.95. The lowest BCUT2D eigenvalue weighted by atomic mass is 10.1. The van der Waals surface area contributed by atoms with Gasteiger partial charge in [-0.15, -0.1) is 0 Å². The maximum atomic E-state index is 13.4. The fraction of sp³-hybridized carbons (Fsp3) is 0.217. The average Bonchev–Trinajstić information content (AvgIpc) is 3.21. The first-order valence-corrected chi connectivity index (χ1v) is 11.7. The van der Waals surface area contributed by atoms with Crippen molar-refractivity contribution in [1.29, 1.82) is 0 Å². The predicted octanol–water partition coefficient (Wildman–Crippen LogP) is 4.70. The number of carbonyl (C=O) groups is 3. The third-order valence-corrected chi connectivity index (χ3v) is 7.16. The molecular weight excluding hydrogens is 466 g/mol. The van der Waals surface area contributed by atoms with Gasteiger partial charge in [0, 0.05) is 11.6 Å². The van der Waals surface area contributed by atoms with Crippen molar-refractivity contribution < 1.29 is 14.4 Å². The van der Waals surface area contributed by atoms with E-state index >= 15 is 0 Å². The molecule has 0 radical (unpaired) electrons. The van der Waals surface area contributed by atoms with Crippen molar-refractivity contribution in [1.82, 2.24) is 4.90 Å². The Labute approximate surface area is 200 Å². The van der Waals surface area contributed by atoms with E-state index in [1.54, 1.807) is 53.4 Å². The fourth-order valence-electron chi connectivity index (χ4n) is 3.65. The van der Waals surface area contributed by atoms with E-state index in [0.717, 1.165) is 18.2 Å². The highest BCUT2D eigenvalue weighted by molar-refractivity contribution is 8.26. The van der Waals surface area contributed by atoms with Gasteiger partial charge in [-0.25, -0.2) is 0 Å². The molecule has 1 atom stereocenters. The molecule has 0 aliphatic carbocycles. The lowest BCUT2D eigenvalue weighted by Crippen LogP contribution is -2.37. The number of halogens is 1. The van der Waals surface area contributed by atoms with Gasteiger partial charge in [0.05, 0.1) is 26.9 Å². The van der Waals surface area contributed by atoms with Gasteiger partial charge >= 0.3 is 0 Å². The fourth-order valence-corrected chi connectivity index (χ4v) is 5.36. The monoisotopic (exact) mass is 485 g/mol. The Bertz CT molecular complexity index is 1180. The van der Waals surface area contributed by atoms with Gasteiger partial charge in [-0.3, -0.25) is 24.2 Å². The molecule has 2 aromatic rings. The van der Waals surface area contributed by atoms with E-state index in [9.17, 15) is 14.4 Å². The zero-order valence-electron chi connectivity index (χ0n) is 17.4. The van der Waals surface area contributed by atoms with E-state index in [1.165, 1.54) is 4.90 Å². The van der Waals surface area contributed by atoms with Crippen LogP contribution in [0.3, 0.4) is 0 Å². The standard InChI is InChI=1S/C23H20ClN3O3S2/c1-3-13(2)27-22(30)20(32-23(27)31)19-14-8-4-7-11-17(14)26(21(19)29)12-18(28)25-16-10-6-5-9-15(16)24/h4-11,13H,3,12H2,1-2H3,(H,25,28)/b20-19-/t13-/m0/s1. The molecule has 2 heterocycles. The summed E-state index contributed by atoms with van der Waals surface area (Å²) in [6.45, 7) is 3.69. The maximum Gasteiger partial charge on any atom is 0.267 e. The first-order chi connectivity index (χ1) is 15.3. The summed E-state index contributed by atoms with van der Waals surface area (Å²) in [5.74, 6) is -1.06. The second-order valence-electron chi connectivity index (χ2n) is 7.44. The number of hydrogen-bond acceptors (Lipinski definition) is 5. The van der Waals surface area contributed by atoms with E-state index in [-0.39, 0.29) is 24.1 Å². The molecule has 0 aromatic heterocycles. The molecule has 0 unspecified atom stereocenters. The van der Waals surface area contributed by atoms with Gasteiger partial charge in [0.1, 0.15) is 10.9 Å². The number of anilines is 2. The summed E-state index contributed by atoms with van der Waals surface area (Å²) < 4.78 is 0.437. The van der Waals surface area contributed by atoms with Gasteiger partial charge in [-0.05, 0) is 31.5 Å². The summed E-state index contributed by atoms with van der Waals surface area (Å²) in [7, 11) is 0. The van der Waals surface area contributed by atoms with Crippen molar-refractivity contribution in [3.8, 4) is 0 Å².